The average molecular weight is 258 g/mol. The van der Waals surface area contributed by atoms with E-state index < -0.39 is 0 Å². The van der Waals surface area contributed by atoms with E-state index in [-0.39, 0.29) is 5.78 Å². The Bertz CT molecular complexity index is 496. The lowest BCUT2D eigenvalue weighted by molar-refractivity contribution is 0.103. The summed E-state index contributed by atoms with van der Waals surface area (Å²) >= 11 is 12.9. The first-order chi connectivity index (χ1) is 7.18. The van der Waals surface area contributed by atoms with E-state index in [0.29, 0.717) is 20.6 Å². The van der Waals surface area contributed by atoms with Crippen LogP contribution in [-0.2, 0) is 0 Å². The quantitative estimate of drug-likeness (QED) is 0.769. The molecule has 0 aliphatic heterocycles. The number of nitrogens with zero attached hydrogens (tertiary/aromatic N) is 1. The van der Waals surface area contributed by atoms with Gasteiger partial charge in [-0.2, -0.15) is 0 Å². The van der Waals surface area contributed by atoms with Crippen molar-refractivity contribution >= 4 is 40.3 Å². The number of hydrogen-bond donors (Lipinski definition) is 0. The maximum atomic E-state index is 11.8. The lowest BCUT2D eigenvalue weighted by Crippen LogP contribution is -2.00. The van der Waals surface area contributed by atoms with E-state index in [1.807, 2.05) is 0 Å². The highest BCUT2D eigenvalue weighted by Gasteiger charge is 2.12. The molecule has 2 rings (SSSR count). The molecule has 1 aromatic heterocycles. The molecule has 0 saturated heterocycles. The molecule has 0 spiro atoms. The fraction of sp³-hybridized carbons (Fsp3) is 0. The third kappa shape index (κ3) is 2.20. The van der Waals surface area contributed by atoms with Gasteiger partial charge in [-0.05, 0) is 18.2 Å². The van der Waals surface area contributed by atoms with Gasteiger partial charge in [-0.1, -0.05) is 23.2 Å². The Kier molecular flexibility index (Phi) is 3.05. The molecule has 0 bridgehead atoms. The monoisotopic (exact) mass is 257 g/mol. The van der Waals surface area contributed by atoms with E-state index in [1.54, 1.807) is 29.8 Å². The Morgan fingerprint density at radius 1 is 1.27 bits per heavy atom. The number of hydrogen-bond acceptors (Lipinski definition) is 3. The van der Waals surface area contributed by atoms with Crippen LogP contribution in [0.15, 0.2) is 29.8 Å². The normalized spacial score (nSPS) is 10.3. The molecule has 1 aromatic carbocycles. The van der Waals surface area contributed by atoms with E-state index in [9.17, 15) is 4.79 Å². The van der Waals surface area contributed by atoms with Crippen molar-refractivity contribution in [1.29, 1.82) is 0 Å². The van der Waals surface area contributed by atoms with Gasteiger partial charge in [0.25, 0.3) is 0 Å². The molecule has 0 N–H and O–H groups in total. The third-order valence-electron chi connectivity index (χ3n) is 1.81. The van der Waals surface area contributed by atoms with Crippen LogP contribution in [-0.4, -0.2) is 10.8 Å². The van der Waals surface area contributed by atoms with Gasteiger partial charge in [0.1, 0.15) is 0 Å². The summed E-state index contributed by atoms with van der Waals surface area (Å²) in [6.07, 6.45) is 1.59. The summed E-state index contributed by atoms with van der Waals surface area (Å²) in [6, 6.07) is 4.79. The van der Waals surface area contributed by atoms with Gasteiger partial charge in [-0.25, -0.2) is 4.98 Å². The fourth-order valence-electron chi connectivity index (χ4n) is 1.10. The number of ketones is 1. The second-order valence-electron chi connectivity index (χ2n) is 2.80. The molecule has 0 fully saturated rings. The van der Waals surface area contributed by atoms with Gasteiger partial charge in [0.05, 0.1) is 10.0 Å². The predicted molar refractivity (Wildman–Crippen MR) is 62.0 cm³/mol. The SMILES string of the molecule is O=C(c1ccc(Cl)c(Cl)c1)c1nccs1. The van der Waals surface area contributed by atoms with Crippen molar-refractivity contribution in [3.05, 3.63) is 50.4 Å². The van der Waals surface area contributed by atoms with E-state index in [4.69, 9.17) is 23.2 Å². The third-order valence-corrected chi connectivity index (χ3v) is 3.32. The van der Waals surface area contributed by atoms with Gasteiger partial charge in [0.2, 0.25) is 5.78 Å². The average Bonchev–Trinajstić information content (AvgIpc) is 2.74. The zero-order chi connectivity index (χ0) is 10.8. The predicted octanol–water partition coefficient (Wildman–Crippen LogP) is 3.68. The standard InChI is InChI=1S/C10H5Cl2NOS/c11-7-2-1-6(5-8(7)12)9(14)10-13-3-4-15-10/h1-5H. The first-order valence-electron chi connectivity index (χ1n) is 4.08. The summed E-state index contributed by atoms with van der Waals surface area (Å²) in [7, 11) is 0. The van der Waals surface area contributed by atoms with Gasteiger partial charge < -0.3 is 0 Å². The maximum Gasteiger partial charge on any atom is 0.221 e. The second kappa shape index (κ2) is 4.31. The molecule has 2 nitrogen and oxygen atoms in total. The summed E-state index contributed by atoms with van der Waals surface area (Å²) in [5.74, 6) is -0.136. The van der Waals surface area contributed by atoms with Gasteiger partial charge >= 0.3 is 0 Å². The Labute approximate surface area is 100 Å². The van der Waals surface area contributed by atoms with E-state index in [1.165, 1.54) is 11.3 Å². The zero-order valence-electron chi connectivity index (χ0n) is 7.41. The molecule has 76 valence electrons. The van der Waals surface area contributed by atoms with Crippen molar-refractivity contribution in [2.24, 2.45) is 0 Å². The lowest BCUT2D eigenvalue weighted by atomic mass is 10.1. The van der Waals surface area contributed by atoms with Gasteiger partial charge in [0.15, 0.2) is 5.01 Å². The van der Waals surface area contributed by atoms with E-state index >= 15 is 0 Å². The molecule has 0 unspecified atom stereocenters. The molecule has 0 amide bonds. The van der Waals surface area contributed by atoms with Crippen molar-refractivity contribution in [3.63, 3.8) is 0 Å². The molecule has 5 heteroatoms. The highest BCUT2D eigenvalue weighted by atomic mass is 35.5. The van der Waals surface area contributed by atoms with Crippen LogP contribution in [0.4, 0.5) is 0 Å². The Morgan fingerprint density at radius 2 is 2.07 bits per heavy atom. The Morgan fingerprint density at radius 3 is 2.67 bits per heavy atom. The fourth-order valence-corrected chi connectivity index (χ4v) is 1.99. The number of thiazole rings is 1. The number of rotatable bonds is 2. The van der Waals surface area contributed by atoms with Gasteiger partial charge in [-0.15, -0.1) is 11.3 Å². The Balaban J connectivity index is 2.39. The van der Waals surface area contributed by atoms with Crippen LogP contribution in [0, 0.1) is 0 Å². The first-order valence-corrected chi connectivity index (χ1v) is 5.71. The molecule has 0 aliphatic rings. The second-order valence-corrected chi connectivity index (χ2v) is 4.50. The molecule has 0 atom stereocenters. The van der Waals surface area contributed by atoms with Crippen LogP contribution in [0.25, 0.3) is 0 Å². The summed E-state index contributed by atoms with van der Waals surface area (Å²) in [6.45, 7) is 0. The van der Waals surface area contributed by atoms with Crippen LogP contribution in [0.5, 0.6) is 0 Å². The number of carbonyl (C=O) groups is 1. The minimum Gasteiger partial charge on any atom is -0.286 e. The van der Waals surface area contributed by atoms with Crippen molar-refractivity contribution in [2.45, 2.75) is 0 Å². The number of carbonyl (C=O) groups excluding carboxylic acids is 1. The molecule has 2 aromatic rings. The largest absolute Gasteiger partial charge is 0.286 e. The van der Waals surface area contributed by atoms with Crippen LogP contribution < -0.4 is 0 Å². The molecule has 0 saturated carbocycles. The van der Waals surface area contributed by atoms with Crippen molar-refractivity contribution in [3.8, 4) is 0 Å². The summed E-state index contributed by atoms with van der Waals surface area (Å²) in [5.41, 5.74) is 0.499. The summed E-state index contributed by atoms with van der Waals surface area (Å²) < 4.78 is 0. The molecule has 15 heavy (non-hydrogen) atoms. The molecule has 0 aliphatic carbocycles. The number of benzene rings is 1. The van der Waals surface area contributed by atoms with Crippen LogP contribution >= 0.6 is 34.5 Å². The topological polar surface area (TPSA) is 30.0 Å². The van der Waals surface area contributed by atoms with Crippen LogP contribution in [0.3, 0.4) is 0 Å². The van der Waals surface area contributed by atoms with Gasteiger partial charge in [0, 0.05) is 17.1 Å². The van der Waals surface area contributed by atoms with Crippen molar-refractivity contribution in [2.75, 3.05) is 0 Å². The van der Waals surface area contributed by atoms with E-state index in [0.717, 1.165) is 0 Å². The minimum atomic E-state index is -0.136. The molecule has 0 radical (unpaired) electrons. The van der Waals surface area contributed by atoms with E-state index in [2.05, 4.69) is 4.98 Å². The summed E-state index contributed by atoms with van der Waals surface area (Å²) in [5, 5.41) is 3.02. The zero-order valence-corrected chi connectivity index (χ0v) is 9.73. The minimum absolute atomic E-state index is 0.136. The Hall–Kier alpha value is -0.900. The number of halogens is 2. The first kappa shape index (κ1) is 10.6. The van der Waals surface area contributed by atoms with Gasteiger partial charge in [-0.3, -0.25) is 4.79 Å². The van der Waals surface area contributed by atoms with Crippen LogP contribution in [0.2, 0.25) is 10.0 Å². The molecular weight excluding hydrogens is 253 g/mol. The lowest BCUT2D eigenvalue weighted by Gasteiger charge is -1.99. The van der Waals surface area contributed by atoms with Crippen molar-refractivity contribution < 1.29 is 4.79 Å². The van der Waals surface area contributed by atoms with Crippen molar-refractivity contribution in [1.82, 2.24) is 4.98 Å². The smallest absolute Gasteiger partial charge is 0.221 e. The highest BCUT2D eigenvalue weighted by molar-refractivity contribution is 7.11. The van der Waals surface area contributed by atoms with Crippen LogP contribution in [0.1, 0.15) is 15.4 Å². The molecular formula is C10H5Cl2NOS. The highest BCUT2D eigenvalue weighted by Crippen LogP contribution is 2.24. The molecule has 1 heterocycles. The number of aromatic nitrogens is 1. The summed E-state index contributed by atoms with van der Waals surface area (Å²) in [4.78, 5) is 15.8. The maximum absolute atomic E-state index is 11.8.